The summed E-state index contributed by atoms with van der Waals surface area (Å²) in [6.07, 6.45) is 5.13. The highest BCUT2D eigenvalue weighted by Gasteiger charge is 2.18. The normalized spacial score (nSPS) is 11.1. The number of carbonyl (C=O) groups is 1. The molecular weight excluding hydrogens is 410 g/mol. The van der Waals surface area contributed by atoms with E-state index >= 15 is 0 Å². The van der Waals surface area contributed by atoms with Gasteiger partial charge in [-0.25, -0.2) is 4.98 Å². The minimum Gasteiger partial charge on any atom is -0.352 e. The molecule has 0 spiro atoms. The van der Waals surface area contributed by atoms with Gasteiger partial charge in [0.1, 0.15) is 0 Å². The van der Waals surface area contributed by atoms with Gasteiger partial charge in [-0.1, -0.05) is 31.1 Å². The van der Waals surface area contributed by atoms with Crippen LogP contribution < -0.4 is 5.32 Å². The number of nitrogens with one attached hydrogen (secondary N) is 1. The average molecular weight is 434 g/mol. The number of aryl methyl sites for hydroxylation is 1. The van der Waals surface area contributed by atoms with E-state index in [0.717, 1.165) is 29.1 Å². The lowest BCUT2D eigenvalue weighted by molar-refractivity contribution is 0.0953. The molecule has 0 aliphatic carbocycles. The molecule has 3 aromatic heterocycles. The van der Waals surface area contributed by atoms with Gasteiger partial charge in [-0.3, -0.25) is 9.78 Å². The molecular formula is C23H23N5O2S. The summed E-state index contributed by atoms with van der Waals surface area (Å²) in [5.74, 6) is 0.987. The third-order valence-electron chi connectivity index (χ3n) is 4.74. The Balaban J connectivity index is 1.34. The van der Waals surface area contributed by atoms with Crippen molar-refractivity contribution in [3.63, 3.8) is 0 Å². The molecule has 0 aliphatic heterocycles. The van der Waals surface area contributed by atoms with Gasteiger partial charge in [0.2, 0.25) is 0 Å². The molecule has 4 rings (SSSR count). The topological polar surface area (TPSA) is 93.8 Å². The van der Waals surface area contributed by atoms with E-state index in [4.69, 9.17) is 4.52 Å². The van der Waals surface area contributed by atoms with Crippen LogP contribution in [-0.4, -0.2) is 32.6 Å². The Bertz CT molecular complexity index is 1150. The number of hydrogen-bond acceptors (Lipinski definition) is 7. The van der Waals surface area contributed by atoms with Gasteiger partial charge in [0.25, 0.3) is 11.8 Å². The van der Waals surface area contributed by atoms with Crippen LogP contribution in [0.2, 0.25) is 0 Å². The first kappa shape index (κ1) is 20.9. The van der Waals surface area contributed by atoms with Crippen molar-refractivity contribution < 1.29 is 9.32 Å². The molecule has 1 amide bonds. The van der Waals surface area contributed by atoms with E-state index in [2.05, 4.69) is 30.8 Å². The van der Waals surface area contributed by atoms with Crippen molar-refractivity contribution in [1.29, 1.82) is 0 Å². The van der Waals surface area contributed by atoms with Crippen molar-refractivity contribution in [1.82, 2.24) is 25.4 Å². The lowest BCUT2D eigenvalue weighted by Crippen LogP contribution is -2.25. The van der Waals surface area contributed by atoms with E-state index in [0.29, 0.717) is 29.4 Å². The second kappa shape index (κ2) is 9.61. The van der Waals surface area contributed by atoms with Gasteiger partial charge in [-0.15, -0.1) is 11.3 Å². The Morgan fingerprint density at radius 2 is 1.94 bits per heavy atom. The first-order valence-corrected chi connectivity index (χ1v) is 11.1. The summed E-state index contributed by atoms with van der Waals surface area (Å²) in [7, 11) is 0. The van der Waals surface area contributed by atoms with E-state index in [9.17, 15) is 4.79 Å². The molecule has 0 saturated carbocycles. The molecule has 0 aliphatic rings. The number of rotatable bonds is 8. The maximum atomic E-state index is 12.8. The van der Waals surface area contributed by atoms with E-state index in [-0.39, 0.29) is 11.8 Å². The number of pyridine rings is 1. The predicted octanol–water partition coefficient (Wildman–Crippen LogP) is 4.74. The highest BCUT2D eigenvalue weighted by molar-refractivity contribution is 7.09. The monoisotopic (exact) mass is 433 g/mol. The second-order valence-electron chi connectivity index (χ2n) is 7.38. The highest BCUT2D eigenvalue weighted by Crippen LogP contribution is 2.24. The van der Waals surface area contributed by atoms with Crippen LogP contribution in [-0.2, 0) is 6.42 Å². The number of aromatic nitrogens is 4. The van der Waals surface area contributed by atoms with Crippen LogP contribution in [0.15, 0.2) is 58.7 Å². The molecule has 4 aromatic rings. The van der Waals surface area contributed by atoms with E-state index < -0.39 is 0 Å². The maximum Gasteiger partial charge on any atom is 0.258 e. The molecule has 8 heteroatoms. The van der Waals surface area contributed by atoms with E-state index in [1.807, 2.05) is 44.2 Å². The Kier molecular flexibility index (Phi) is 6.47. The quantitative estimate of drug-likeness (QED) is 0.403. The summed E-state index contributed by atoms with van der Waals surface area (Å²) in [6, 6.07) is 11.2. The Morgan fingerprint density at radius 1 is 1.13 bits per heavy atom. The van der Waals surface area contributed by atoms with Crippen molar-refractivity contribution >= 4 is 17.2 Å². The van der Waals surface area contributed by atoms with Crippen LogP contribution in [0.1, 0.15) is 47.4 Å². The fraction of sp³-hybridized carbons (Fsp3) is 0.261. The molecule has 158 valence electrons. The fourth-order valence-electron chi connectivity index (χ4n) is 3.06. The maximum absolute atomic E-state index is 12.8. The van der Waals surface area contributed by atoms with Crippen molar-refractivity contribution in [3.8, 4) is 22.7 Å². The molecule has 1 N–H and O–H groups in total. The molecule has 0 bridgehead atoms. The van der Waals surface area contributed by atoms with Gasteiger partial charge in [0, 0.05) is 42.2 Å². The van der Waals surface area contributed by atoms with Crippen LogP contribution in [0.4, 0.5) is 0 Å². The fourth-order valence-corrected chi connectivity index (χ4v) is 3.91. The Morgan fingerprint density at radius 3 is 2.71 bits per heavy atom. The lowest BCUT2D eigenvalue weighted by atomic mass is 10.1. The van der Waals surface area contributed by atoms with E-state index in [1.165, 1.54) is 0 Å². The summed E-state index contributed by atoms with van der Waals surface area (Å²) < 4.78 is 5.37. The third-order valence-corrected chi connectivity index (χ3v) is 5.65. The van der Waals surface area contributed by atoms with Gasteiger partial charge < -0.3 is 9.84 Å². The van der Waals surface area contributed by atoms with Crippen molar-refractivity contribution in [3.05, 3.63) is 70.6 Å². The number of benzene rings is 1. The molecule has 0 fully saturated rings. The number of carbonyl (C=O) groups excluding carboxylic acids is 1. The average Bonchev–Trinajstić information content (AvgIpc) is 3.47. The third kappa shape index (κ3) is 5.03. The van der Waals surface area contributed by atoms with Crippen LogP contribution in [0, 0.1) is 0 Å². The summed E-state index contributed by atoms with van der Waals surface area (Å²) in [5, 5.41) is 10.1. The predicted molar refractivity (Wildman–Crippen MR) is 120 cm³/mol. The van der Waals surface area contributed by atoms with Gasteiger partial charge in [0.15, 0.2) is 5.82 Å². The number of amides is 1. The first-order valence-electron chi connectivity index (χ1n) is 10.2. The molecule has 0 saturated heterocycles. The largest absolute Gasteiger partial charge is 0.352 e. The van der Waals surface area contributed by atoms with Crippen LogP contribution in [0.3, 0.4) is 0 Å². The summed E-state index contributed by atoms with van der Waals surface area (Å²) in [4.78, 5) is 25.9. The Hall–Kier alpha value is -3.39. The zero-order valence-electron chi connectivity index (χ0n) is 17.4. The van der Waals surface area contributed by atoms with Gasteiger partial charge in [-0.05, 0) is 30.7 Å². The Labute approximate surface area is 184 Å². The SMILES string of the molecule is CC(C)c1noc(-c2ccccc2C(=O)NCCCc2nc(-c3ccncc3)cs2)n1. The van der Waals surface area contributed by atoms with Crippen molar-refractivity contribution in [2.24, 2.45) is 0 Å². The summed E-state index contributed by atoms with van der Waals surface area (Å²) in [6.45, 7) is 4.55. The van der Waals surface area contributed by atoms with Crippen molar-refractivity contribution in [2.45, 2.75) is 32.6 Å². The van der Waals surface area contributed by atoms with Gasteiger partial charge in [-0.2, -0.15) is 4.98 Å². The molecule has 7 nitrogen and oxygen atoms in total. The zero-order valence-corrected chi connectivity index (χ0v) is 18.2. The molecule has 1 aromatic carbocycles. The highest BCUT2D eigenvalue weighted by atomic mass is 32.1. The minimum absolute atomic E-state index is 0.156. The minimum atomic E-state index is -0.156. The zero-order chi connectivity index (χ0) is 21.6. The molecule has 3 heterocycles. The molecule has 0 atom stereocenters. The molecule has 0 radical (unpaired) electrons. The number of hydrogen-bond donors (Lipinski definition) is 1. The standard InChI is InChI=1S/C23H23N5O2S/c1-15(2)21-27-23(30-28-21)18-7-4-3-6-17(18)22(29)25-11-5-8-20-26-19(14-31-20)16-9-12-24-13-10-16/h3-4,6-7,9-10,12-15H,5,8,11H2,1-2H3,(H,25,29). The van der Waals surface area contributed by atoms with Gasteiger partial charge >= 0.3 is 0 Å². The van der Waals surface area contributed by atoms with Crippen LogP contribution in [0.5, 0.6) is 0 Å². The molecule has 31 heavy (non-hydrogen) atoms. The number of thiazole rings is 1. The first-order chi connectivity index (χ1) is 15.1. The van der Waals surface area contributed by atoms with Crippen LogP contribution in [0.25, 0.3) is 22.7 Å². The summed E-state index contributed by atoms with van der Waals surface area (Å²) >= 11 is 1.63. The summed E-state index contributed by atoms with van der Waals surface area (Å²) in [5.41, 5.74) is 3.18. The smallest absolute Gasteiger partial charge is 0.258 e. The van der Waals surface area contributed by atoms with Gasteiger partial charge in [0.05, 0.1) is 21.8 Å². The van der Waals surface area contributed by atoms with Crippen LogP contribution >= 0.6 is 11.3 Å². The van der Waals surface area contributed by atoms with Crippen molar-refractivity contribution in [2.75, 3.05) is 6.54 Å². The van der Waals surface area contributed by atoms with E-state index in [1.54, 1.807) is 29.8 Å². The number of nitrogens with zero attached hydrogens (tertiary/aromatic N) is 4. The lowest BCUT2D eigenvalue weighted by Gasteiger charge is -2.07. The second-order valence-corrected chi connectivity index (χ2v) is 8.32. The molecule has 0 unspecified atom stereocenters.